The first-order chi connectivity index (χ1) is 18.9. The SMILES string of the molecule is O=C(/C=C/c1ccccc1)Oc1ccc(Br)cc1C=NNC(=O)c1cccc(NC(=O)c2ccccc2Cl)c1. The van der Waals surface area contributed by atoms with Gasteiger partial charge in [0, 0.05) is 27.4 Å². The van der Waals surface area contributed by atoms with E-state index in [1.807, 2.05) is 30.3 Å². The van der Waals surface area contributed by atoms with E-state index in [4.69, 9.17) is 16.3 Å². The summed E-state index contributed by atoms with van der Waals surface area (Å²) >= 11 is 9.47. The molecule has 0 radical (unpaired) electrons. The molecule has 0 heterocycles. The molecule has 0 saturated carbocycles. The highest BCUT2D eigenvalue weighted by molar-refractivity contribution is 9.10. The van der Waals surface area contributed by atoms with Crippen molar-refractivity contribution in [3.05, 3.63) is 135 Å². The zero-order chi connectivity index (χ0) is 27.6. The first-order valence-electron chi connectivity index (χ1n) is 11.6. The molecule has 0 aliphatic heterocycles. The molecular weight excluding hydrogens is 582 g/mol. The summed E-state index contributed by atoms with van der Waals surface area (Å²) in [5.41, 5.74) is 4.78. The number of ether oxygens (including phenoxy) is 1. The summed E-state index contributed by atoms with van der Waals surface area (Å²) < 4.78 is 6.20. The maximum absolute atomic E-state index is 12.7. The molecule has 39 heavy (non-hydrogen) atoms. The third kappa shape index (κ3) is 7.98. The van der Waals surface area contributed by atoms with Gasteiger partial charge in [-0.1, -0.05) is 76.1 Å². The number of amides is 2. The van der Waals surface area contributed by atoms with E-state index in [0.717, 1.165) is 10.0 Å². The second kappa shape index (κ2) is 13.3. The number of carbonyl (C=O) groups is 3. The molecule has 0 spiro atoms. The van der Waals surface area contributed by atoms with Crippen LogP contribution >= 0.6 is 27.5 Å². The molecule has 4 aromatic rings. The normalized spacial score (nSPS) is 10.9. The highest BCUT2D eigenvalue weighted by Gasteiger charge is 2.12. The molecular formula is C30H21BrClN3O4. The van der Waals surface area contributed by atoms with Crippen LogP contribution in [0.1, 0.15) is 31.8 Å². The number of hydrogen-bond donors (Lipinski definition) is 2. The van der Waals surface area contributed by atoms with Crippen molar-refractivity contribution < 1.29 is 19.1 Å². The molecule has 0 aromatic heterocycles. The summed E-state index contributed by atoms with van der Waals surface area (Å²) in [5, 5.41) is 7.06. The van der Waals surface area contributed by atoms with Gasteiger partial charge in [-0.05, 0) is 60.2 Å². The van der Waals surface area contributed by atoms with E-state index < -0.39 is 17.8 Å². The molecule has 2 amide bonds. The predicted octanol–water partition coefficient (Wildman–Crippen LogP) is 6.74. The first kappa shape index (κ1) is 27.5. The van der Waals surface area contributed by atoms with Crippen molar-refractivity contribution >= 4 is 63.3 Å². The van der Waals surface area contributed by atoms with Crippen LogP contribution in [-0.4, -0.2) is 24.0 Å². The first-order valence-corrected chi connectivity index (χ1v) is 12.8. The lowest BCUT2D eigenvalue weighted by atomic mass is 10.1. The van der Waals surface area contributed by atoms with Crippen LogP contribution in [0.15, 0.2) is 113 Å². The minimum absolute atomic E-state index is 0.267. The maximum Gasteiger partial charge on any atom is 0.336 e. The number of anilines is 1. The zero-order valence-electron chi connectivity index (χ0n) is 20.3. The van der Waals surface area contributed by atoms with Gasteiger partial charge in [-0.15, -0.1) is 0 Å². The van der Waals surface area contributed by atoms with Gasteiger partial charge in [-0.3, -0.25) is 9.59 Å². The van der Waals surface area contributed by atoms with Crippen molar-refractivity contribution in [1.29, 1.82) is 0 Å². The number of nitrogens with zero attached hydrogens (tertiary/aromatic N) is 1. The Balaban J connectivity index is 1.40. The van der Waals surface area contributed by atoms with E-state index >= 15 is 0 Å². The second-order valence-corrected chi connectivity index (χ2v) is 9.38. The fraction of sp³-hybridized carbons (Fsp3) is 0. The van der Waals surface area contributed by atoms with Crippen molar-refractivity contribution in [3.8, 4) is 5.75 Å². The van der Waals surface area contributed by atoms with Crippen molar-refractivity contribution in [2.24, 2.45) is 5.10 Å². The van der Waals surface area contributed by atoms with Gasteiger partial charge in [0.15, 0.2) is 0 Å². The van der Waals surface area contributed by atoms with Gasteiger partial charge in [0.25, 0.3) is 11.8 Å². The second-order valence-electron chi connectivity index (χ2n) is 8.06. The van der Waals surface area contributed by atoms with E-state index in [0.29, 0.717) is 21.8 Å². The Morgan fingerprint density at radius 1 is 0.846 bits per heavy atom. The molecule has 0 saturated heterocycles. The fourth-order valence-electron chi connectivity index (χ4n) is 3.39. The summed E-state index contributed by atoms with van der Waals surface area (Å²) in [5.74, 6) is -1.19. The van der Waals surface area contributed by atoms with Gasteiger partial charge in [0.05, 0.1) is 16.8 Å². The van der Waals surface area contributed by atoms with Gasteiger partial charge in [0.2, 0.25) is 0 Å². The van der Waals surface area contributed by atoms with E-state index in [9.17, 15) is 14.4 Å². The molecule has 0 unspecified atom stereocenters. The molecule has 9 heteroatoms. The van der Waals surface area contributed by atoms with Gasteiger partial charge in [-0.25, -0.2) is 10.2 Å². The number of esters is 1. The topological polar surface area (TPSA) is 96.9 Å². The number of rotatable bonds is 8. The number of nitrogens with one attached hydrogen (secondary N) is 2. The quantitative estimate of drug-likeness (QED) is 0.0768. The standard InChI is InChI=1S/C30H21BrClN3O4/c31-23-14-15-27(39-28(36)16-13-20-7-2-1-3-8-20)22(17-23)19-33-35-29(37)21-9-6-10-24(18-21)34-30(38)25-11-4-5-12-26(25)32/h1-19H,(H,34,38)(H,35,37)/b16-13+,33-19?. The van der Waals surface area contributed by atoms with Gasteiger partial charge < -0.3 is 10.1 Å². The van der Waals surface area contributed by atoms with E-state index in [1.54, 1.807) is 66.7 Å². The van der Waals surface area contributed by atoms with Gasteiger partial charge in [0.1, 0.15) is 5.75 Å². The van der Waals surface area contributed by atoms with Crippen LogP contribution in [0.25, 0.3) is 6.08 Å². The van der Waals surface area contributed by atoms with Gasteiger partial charge in [-0.2, -0.15) is 5.10 Å². The number of carbonyl (C=O) groups excluding carboxylic acids is 3. The lowest BCUT2D eigenvalue weighted by Gasteiger charge is -2.08. The van der Waals surface area contributed by atoms with Crippen LogP contribution in [0.4, 0.5) is 5.69 Å². The Morgan fingerprint density at radius 2 is 1.62 bits per heavy atom. The monoisotopic (exact) mass is 601 g/mol. The molecule has 0 fully saturated rings. The van der Waals surface area contributed by atoms with Crippen LogP contribution < -0.4 is 15.5 Å². The summed E-state index contributed by atoms with van der Waals surface area (Å²) in [6, 6.07) is 27.5. The molecule has 4 rings (SSSR count). The molecule has 0 atom stereocenters. The van der Waals surface area contributed by atoms with Crippen molar-refractivity contribution in [1.82, 2.24) is 5.43 Å². The van der Waals surface area contributed by atoms with Crippen LogP contribution in [-0.2, 0) is 4.79 Å². The molecule has 0 aliphatic carbocycles. The molecule has 194 valence electrons. The number of benzene rings is 4. The molecule has 2 N–H and O–H groups in total. The number of hydrogen-bond acceptors (Lipinski definition) is 5. The van der Waals surface area contributed by atoms with Crippen molar-refractivity contribution in [2.75, 3.05) is 5.32 Å². The Morgan fingerprint density at radius 3 is 2.41 bits per heavy atom. The van der Waals surface area contributed by atoms with E-state index in [2.05, 4.69) is 31.8 Å². The minimum atomic E-state index is -0.560. The summed E-state index contributed by atoms with van der Waals surface area (Å²) in [7, 11) is 0. The lowest BCUT2D eigenvalue weighted by molar-refractivity contribution is -0.128. The predicted molar refractivity (Wildman–Crippen MR) is 156 cm³/mol. The highest BCUT2D eigenvalue weighted by Crippen LogP contribution is 2.22. The third-order valence-corrected chi connectivity index (χ3v) is 6.09. The highest BCUT2D eigenvalue weighted by atomic mass is 79.9. The molecule has 0 aliphatic rings. The minimum Gasteiger partial charge on any atom is -0.423 e. The Kier molecular flexibility index (Phi) is 9.39. The summed E-state index contributed by atoms with van der Waals surface area (Å²) in [6.45, 7) is 0. The smallest absolute Gasteiger partial charge is 0.336 e. The van der Waals surface area contributed by atoms with Crippen molar-refractivity contribution in [2.45, 2.75) is 0 Å². The third-order valence-electron chi connectivity index (χ3n) is 5.26. The van der Waals surface area contributed by atoms with Crippen LogP contribution in [0.3, 0.4) is 0 Å². The average Bonchev–Trinajstić information content (AvgIpc) is 2.94. The Hall–Kier alpha value is -4.53. The largest absolute Gasteiger partial charge is 0.423 e. The average molecular weight is 603 g/mol. The maximum atomic E-state index is 12.7. The Bertz CT molecular complexity index is 1570. The molecule has 0 bridgehead atoms. The molecule has 4 aromatic carbocycles. The van der Waals surface area contributed by atoms with Crippen LogP contribution in [0, 0.1) is 0 Å². The Labute approximate surface area is 238 Å². The van der Waals surface area contributed by atoms with Crippen LogP contribution in [0.2, 0.25) is 5.02 Å². The van der Waals surface area contributed by atoms with E-state index in [-0.39, 0.29) is 11.3 Å². The lowest BCUT2D eigenvalue weighted by Crippen LogP contribution is -2.18. The number of halogens is 2. The van der Waals surface area contributed by atoms with E-state index in [1.165, 1.54) is 18.4 Å². The van der Waals surface area contributed by atoms with Gasteiger partial charge >= 0.3 is 5.97 Å². The van der Waals surface area contributed by atoms with Crippen molar-refractivity contribution in [3.63, 3.8) is 0 Å². The zero-order valence-corrected chi connectivity index (χ0v) is 22.6. The summed E-state index contributed by atoms with van der Waals surface area (Å²) in [6.07, 6.45) is 4.35. The molecule has 7 nitrogen and oxygen atoms in total. The number of hydrazone groups is 1. The summed E-state index contributed by atoms with van der Waals surface area (Å²) in [4.78, 5) is 37.5. The van der Waals surface area contributed by atoms with Crippen LogP contribution in [0.5, 0.6) is 5.75 Å². The fourth-order valence-corrected chi connectivity index (χ4v) is 3.99.